The second-order valence-corrected chi connectivity index (χ2v) is 5.56. The van der Waals surface area contributed by atoms with Gasteiger partial charge in [-0.2, -0.15) is 0 Å². The van der Waals surface area contributed by atoms with E-state index >= 15 is 0 Å². The van der Waals surface area contributed by atoms with Crippen molar-refractivity contribution in [3.63, 3.8) is 0 Å². The molecule has 52 valence electrons. The van der Waals surface area contributed by atoms with Gasteiger partial charge in [0.15, 0.2) is 0 Å². The van der Waals surface area contributed by atoms with Gasteiger partial charge in [-0.15, -0.1) is 0 Å². The molecule has 9 heavy (non-hydrogen) atoms. The topological polar surface area (TPSA) is 0 Å². The molecule has 0 spiro atoms. The fourth-order valence-electron chi connectivity index (χ4n) is 0. The Kier molecular flexibility index (Phi) is 7.13. The van der Waals surface area contributed by atoms with E-state index in [4.69, 9.17) is 69.6 Å². The van der Waals surface area contributed by atoms with Crippen LogP contribution in [0.3, 0.4) is 0 Å². The third kappa shape index (κ3) is 5.79. The van der Waals surface area contributed by atoms with Gasteiger partial charge in [0, 0.05) is 0 Å². The van der Waals surface area contributed by atoms with Gasteiger partial charge in [0.1, 0.15) is 0 Å². The molecular formula is C2Cl6Sb+3. The zero-order valence-electron chi connectivity index (χ0n) is 3.72. The predicted octanol–water partition coefficient (Wildman–Crippen LogP) is 3.35. The average Bonchev–Trinajstić information content (AvgIpc) is 1.25. The number of hydrogen-bond acceptors (Lipinski definition) is 0. The van der Waals surface area contributed by atoms with Crippen LogP contribution in [0.5, 0.6) is 0 Å². The Balaban J connectivity index is 0. The first kappa shape index (κ1) is 14.1. The first-order chi connectivity index (χ1) is 3.25. The molecule has 0 bridgehead atoms. The Morgan fingerprint density at radius 3 is 0.667 bits per heavy atom. The summed E-state index contributed by atoms with van der Waals surface area (Å²) in [5, 5.41) is 0. The fourth-order valence-corrected chi connectivity index (χ4v) is 0. The Bertz CT molecular complexity index is 66.0. The first-order valence-electron chi connectivity index (χ1n) is 1.38. The first-order valence-corrected chi connectivity index (χ1v) is 3.65. The second-order valence-electron chi connectivity index (χ2n) is 0.996. The molecule has 0 saturated carbocycles. The monoisotopic (exact) mass is 355 g/mol. The maximum absolute atomic E-state index is 5.14. The van der Waals surface area contributed by atoms with Crippen LogP contribution in [-0.2, 0) is 0 Å². The minimum atomic E-state index is -1.85. The average molecular weight is 358 g/mol. The summed E-state index contributed by atoms with van der Waals surface area (Å²) >= 11 is 30.9. The quantitative estimate of drug-likeness (QED) is 0.460. The maximum Gasteiger partial charge on any atom is 3.00 e. The summed E-state index contributed by atoms with van der Waals surface area (Å²) in [6.07, 6.45) is 0. The van der Waals surface area contributed by atoms with E-state index < -0.39 is 7.59 Å². The molecule has 0 saturated heterocycles. The van der Waals surface area contributed by atoms with E-state index in [1.165, 1.54) is 0 Å². The van der Waals surface area contributed by atoms with Crippen molar-refractivity contribution in [2.75, 3.05) is 0 Å². The van der Waals surface area contributed by atoms with Crippen LogP contribution in [0.4, 0.5) is 0 Å². The molecule has 2 radical (unpaired) electrons. The Morgan fingerprint density at radius 2 is 0.667 bits per heavy atom. The summed E-state index contributed by atoms with van der Waals surface area (Å²) in [5.74, 6) is 0. The molecule has 0 unspecified atom stereocenters. The van der Waals surface area contributed by atoms with Gasteiger partial charge in [-0.05, 0) is 0 Å². The Hall–Kier alpha value is 2.56. The van der Waals surface area contributed by atoms with Crippen LogP contribution in [0.2, 0.25) is 0 Å². The van der Waals surface area contributed by atoms with Gasteiger partial charge in [-0.1, -0.05) is 69.6 Å². The molecule has 0 aliphatic carbocycles. The minimum Gasteiger partial charge on any atom is -0.0788 e. The van der Waals surface area contributed by atoms with Crippen molar-refractivity contribution in [1.29, 1.82) is 0 Å². The Morgan fingerprint density at radius 1 is 0.556 bits per heavy atom. The van der Waals surface area contributed by atoms with Crippen LogP contribution in [0.15, 0.2) is 0 Å². The molecule has 0 aliphatic rings. The largest absolute Gasteiger partial charge is 3.00 e. The summed E-state index contributed by atoms with van der Waals surface area (Å²) in [6.45, 7) is 0. The molecule has 0 amide bonds. The molecule has 0 heterocycles. The van der Waals surface area contributed by atoms with Gasteiger partial charge in [-0.25, -0.2) is 0 Å². The van der Waals surface area contributed by atoms with Crippen LogP contribution in [-0.4, -0.2) is 32.0 Å². The van der Waals surface area contributed by atoms with E-state index in [0.717, 1.165) is 0 Å². The number of hydrogen-bond donors (Lipinski definition) is 0. The number of rotatable bonds is 0. The summed E-state index contributed by atoms with van der Waals surface area (Å²) in [5.41, 5.74) is 0. The Labute approximate surface area is 100 Å². The molecule has 0 aromatic heterocycles. The molecule has 0 nitrogen and oxygen atoms in total. The van der Waals surface area contributed by atoms with E-state index in [1.54, 1.807) is 0 Å². The molecule has 0 rings (SSSR count). The van der Waals surface area contributed by atoms with Gasteiger partial charge in [-0.3, -0.25) is 0 Å². The van der Waals surface area contributed by atoms with Crippen molar-refractivity contribution in [3.05, 3.63) is 0 Å². The molecular weight excluding hydrogens is 358 g/mol. The van der Waals surface area contributed by atoms with Crippen LogP contribution < -0.4 is 0 Å². The maximum atomic E-state index is 5.14. The van der Waals surface area contributed by atoms with E-state index in [2.05, 4.69) is 0 Å². The van der Waals surface area contributed by atoms with E-state index in [-0.39, 0.29) is 24.4 Å². The summed E-state index contributed by atoms with van der Waals surface area (Å²) in [7, 11) is 0. The number of halogens is 6. The summed E-state index contributed by atoms with van der Waals surface area (Å²) in [4.78, 5) is 0. The zero-order valence-corrected chi connectivity index (χ0v) is 10.8. The minimum absolute atomic E-state index is 0. The molecule has 0 aliphatic heterocycles. The van der Waals surface area contributed by atoms with Crippen LogP contribution in [0.1, 0.15) is 0 Å². The normalized spacial score (nSPS) is 12.7. The van der Waals surface area contributed by atoms with Gasteiger partial charge in [0.05, 0.1) is 0 Å². The van der Waals surface area contributed by atoms with Crippen molar-refractivity contribution < 1.29 is 0 Å². The standard InChI is InChI=1S/C2Cl6.Sb/c3-1(4,5)2(6,7)8;/q;+3. The fraction of sp³-hybridized carbons (Fsp3) is 1.00. The molecule has 0 N–H and O–H groups in total. The van der Waals surface area contributed by atoms with Crippen molar-refractivity contribution >= 4 is 94.0 Å². The van der Waals surface area contributed by atoms with Crippen molar-refractivity contribution in [3.8, 4) is 0 Å². The predicted molar refractivity (Wildman–Crippen MR) is 46.3 cm³/mol. The van der Waals surface area contributed by atoms with Crippen LogP contribution in [0, 0.1) is 0 Å². The molecule has 7 heteroatoms. The van der Waals surface area contributed by atoms with Gasteiger partial charge < -0.3 is 0 Å². The van der Waals surface area contributed by atoms with Gasteiger partial charge in [0.25, 0.3) is 0 Å². The molecule has 0 fully saturated rings. The van der Waals surface area contributed by atoms with E-state index in [1.807, 2.05) is 0 Å². The zero-order chi connectivity index (χ0) is 7.00. The smallest absolute Gasteiger partial charge is 0.0788 e. The van der Waals surface area contributed by atoms with Crippen molar-refractivity contribution in [2.45, 2.75) is 7.59 Å². The van der Waals surface area contributed by atoms with Crippen LogP contribution >= 0.6 is 69.6 Å². The molecule has 0 aromatic carbocycles. The SMILES string of the molecule is ClC(Cl)(Cl)C(Cl)(Cl)Cl.[Sb+3]. The summed E-state index contributed by atoms with van der Waals surface area (Å²) in [6, 6.07) is 0. The van der Waals surface area contributed by atoms with Gasteiger partial charge in [0.2, 0.25) is 7.59 Å². The van der Waals surface area contributed by atoms with Gasteiger partial charge >= 0.3 is 24.4 Å². The molecule has 0 aromatic rings. The van der Waals surface area contributed by atoms with E-state index in [0.29, 0.717) is 0 Å². The van der Waals surface area contributed by atoms with Crippen LogP contribution in [0.25, 0.3) is 0 Å². The third-order valence-corrected chi connectivity index (χ3v) is 2.89. The molecule has 0 atom stereocenters. The summed E-state index contributed by atoms with van der Waals surface area (Å²) < 4.78 is -3.70. The van der Waals surface area contributed by atoms with E-state index in [9.17, 15) is 0 Å². The second kappa shape index (κ2) is 4.55. The van der Waals surface area contributed by atoms with Crippen molar-refractivity contribution in [1.82, 2.24) is 0 Å². The number of alkyl halides is 6. The third-order valence-electron chi connectivity index (χ3n) is 0.321. The van der Waals surface area contributed by atoms with Crippen molar-refractivity contribution in [2.24, 2.45) is 0 Å².